The van der Waals surface area contributed by atoms with Gasteiger partial charge in [-0.1, -0.05) is 43.5 Å². The summed E-state index contributed by atoms with van der Waals surface area (Å²) in [5.41, 5.74) is -0.129. The minimum atomic E-state index is -4.41. The Morgan fingerprint density at radius 1 is 1.27 bits per heavy atom. The lowest BCUT2D eigenvalue weighted by molar-refractivity contribution is -0.137. The maximum atomic E-state index is 13.1. The van der Waals surface area contributed by atoms with Gasteiger partial charge in [-0.3, -0.25) is 4.90 Å². The Morgan fingerprint density at radius 3 is 2.55 bits per heavy atom. The first-order valence-corrected chi connectivity index (χ1v) is 8.13. The summed E-state index contributed by atoms with van der Waals surface area (Å²) in [6, 6.07) is 4.21. The summed E-state index contributed by atoms with van der Waals surface area (Å²) in [7, 11) is 0. The number of rotatable bonds is 5. The van der Waals surface area contributed by atoms with Gasteiger partial charge in [0.2, 0.25) is 0 Å². The number of unbranched alkanes of at least 4 members (excludes halogenated alkanes) is 1. The van der Waals surface area contributed by atoms with Crippen LogP contribution in [0.5, 0.6) is 0 Å². The number of piperazine rings is 1. The number of nitrogens with one attached hydrogen (secondary N) is 1. The normalized spacial score (nSPS) is 18.4. The lowest BCUT2D eigenvalue weighted by Gasteiger charge is -2.36. The third kappa shape index (κ3) is 4.15. The van der Waals surface area contributed by atoms with Gasteiger partial charge in [0.25, 0.3) is 0 Å². The molecule has 1 aliphatic heterocycles. The van der Waals surface area contributed by atoms with Gasteiger partial charge in [0.05, 0.1) is 10.6 Å². The molecule has 0 unspecified atom stereocenters. The zero-order chi connectivity index (χ0) is 16.2. The smallest absolute Gasteiger partial charge is 0.314 e. The fourth-order valence-corrected chi connectivity index (χ4v) is 3.31. The Balaban J connectivity index is 2.34. The summed E-state index contributed by atoms with van der Waals surface area (Å²) in [6.07, 6.45) is -1.59. The quantitative estimate of drug-likeness (QED) is 0.853. The van der Waals surface area contributed by atoms with Crippen molar-refractivity contribution < 1.29 is 13.2 Å². The Hall–Kier alpha value is -0.780. The van der Waals surface area contributed by atoms with Crippen LogP contribution in [0.1, 0.15) is 43.4 Å². The Labute approximate surface area is 134 Å². The molecular formula is C16H22ClF3N2. The summed E-state index contributed by atoms with van der Waals surface area (Å²) in [5.74, 6) is 0. The molecule has 0 aromatic heterocycles. The van der Waals surface area contributed by atoms with E-state index in [0.717, 1.165) is 51.5 Å². The molecule has 0 saturated carbocycles. The van der Waals surface area contributed by atoms with E-state index in [1.54, 1.807) is 6.07 Å². The van der Waals surface area contributed by atoms with Crippen molar-refractivity contribution in [3.05, 3.63) is 34.3 Å². The van der Waals surface area contributed by atoms with Gasteiger partial charge in [-0.2, -0.15) is 13.2 Å². The largest absolute Gasteiger partial charge is 0.417 e. The van der Waals surface area contributed by atoms with Crippen LogP contribution in [0.3, 0.4) is 0 Å². The second kappa shape index (κ2) is 7.66. The van der Waals surface area contributed by atoms with E-state index in [1.165, 1.54) is 6.07 Å². The zero-order valence-corrected chi connectivity index (χ0v) is 13.5. The Bertz CT molecular complexity index is 485. The molecule has 2 rings (SSSR count). The number of nitrogens with zero attached hydrogens (tertiary/aromatic N) is 1. The van der Waals surface area contributed by atoms with Gasteiger partial charge >= 0.3 is 6.18 Å². The van der Waals surface area contributed by atoms with Crippen LogP contribution in [0.25, 0.3) is 0 Å². The number of halogens is 4. The third-order valence-electron chi connectivity index (χ3n) is 4.12. The second-order valence-corrected chi connectivity index (χ2v) is 6.03. The van der Waals surface area contributed by atoms with Gasteiger partial charge in [0, 0.05) is 32.2 Å². The van der Waals surface area contributed by atoms with Crippen molar-refractivity contribution in [3.8, 4) is 0 Å². The predicted octanol–water partition coefficient (Wildman–Crippen LogP) is 4.50. The summed E-state index contributed by atoms with van der Waals surface area (Å²) in [5, 5.41) is 3.13. The van der Waals surface area contributed by atoms with Crippen molar-refractivity contribution in [2.75, 3.05) is 26.2 Å². The minimum absolute atomic E-state index is 0.0446. The van der Waals surface area contributed by atoms with Gasteiger partial charge in [-0.05, 0) is 18.1 Å². The first kappa shape index (κ1) is 17.6. The number of benzene rings is 1. The van der Waals surface area contributed by atoms with Crippen LogP contribution >= 0.6 is 11.6 Å². The molecule has 1 aliphatic rings. The summed E-state index contributed by atoms with van der Waals surface area (Å²) >= 11 is 6.12. The van der Waals surface area contributed by atoms with Crippen LogP contribution in [0.2, 0.25) is 5.02 Å². The first-order chi connectivity index (χ1) is 10.4. The summed E-state index contributed by atoms with van der Waals surface area (Å²) in [4.78, 5) is 2.24. The van der Waals surface area contributed by atoms with Crippen molar-refractivity contribution in [1.82, 2.24) is 10.2 Å². The van der Waals surface area contributed by atoms with Crippen molar-refractivity contribution in [3.63, 3.8) is 0 Å². The topological polar surface area (TPSA) is 15.3 Å². The number of hydrogen-bond acceptors (Lipinski definition) is 2. The molecule has 124 valence electrons. The second-order valence-electron chi connectivity index (χ2n) is 5.65. The van der Waals surface area contributed by atoms with Crippen molar-refractivity contribution in [2.24, 2.45) is 0 Å². The molecule has 1 heterocycles. The molecule has 0 amide bonds. The molecule has 0 aliphatic carbocycles. The average molecular weight is 335 g/mol. The molecule has 0 spiro atoms. The van der Waals surface area contributed by atoms with Crippen LogP contribution in [-0.4, -0.2) is 31.1 Å². The van der Waals surface area contributed by atoms with E-state index in [2.05, 4.69) is 17.1 Å². The molecule has 22 heavy (non-hydrogen) atoms. The van der Waals surface area contributed by atoms with Crippen molar-refractivity contribution >= 4 is 11.6 Å². The molecule has 1 atom stereocenters. The average Bonchev–Trinajstić information content (AvgIpc) is 2.49. The molecule has 2 nitrogen and oxygen atoms in total. The Kier molecular flexibility index (Phi) is 6.12. The fraction of sp³-hybridized carbons (Fsp3) is 0.625. The molecular weight excluding hydrogens is 313 g/mol. The molecule has 0 radical (unpaired) electrons. The van der Waals surface area contributed by atoms with Gasteiger partial charge in [0.1, 0.15) is 0 Å². The zero-order valence-electron chi connectivity index (χ0n) is 12.7. The lowest BCUT2D eigenvalue weighted by Crippen LogP contribution is -2.45. The van der Waals surface area contributed by atoms with Gasteiger partial charge in [-0.25, -0.2) is 0 Å². The van der Waals surface area contributed by atoms with Crippen molar-refractivity contribution in [2.45, 2.75) is 38.4 Å². The van der Waals surface area contributed by atoms with Crippen LogP contribution in [0, 0.1) is 0 Å². The highest BCUT2D eigenvalue weighted by atomic mass is 35.5. The van der Waals surface area contributed by atoms with E-state index in [0.29, 0.717) is 5.56 Å². The van der Waals surface area contributed by atoms with E-state index < -0.39 is 11.7 Å². The predicted molar refractivity (Wildman–Crippen MR) is 83.2 cm³/mol. The first-order valence-electron chi connectivity index (χ1n) is 7.75. The van der Waals surface area contributed by atoms with Crippen LogP contribution in [0.15, 0.2) is 18.2 Å². The third-order valence-corrected chi connectivity index (χ3v) is 4.54. The summed E-state index contributed by atoms with van der Waals surface area (Å²) in [6.45, 7) is 5.48. The van der Waals surface area contributed by atoms with Crippen LogP contribution < -0.4 is 5.32 Å². The van der Waals surface area contributed by atoms with Gasteiger partial charge in [-0.15, -0.1) is 0 Å². The minimum Gasteiger partial charge on any atom is -0.314 e. The molecule has 0 bridgehead atoms. The lowest BCUT2D eigenvalue weighted by atomic mass is 9.96. The number of hydrogen-bond donors (Lipinski definition) is 1. The highest BCUT2D eigenvalue weighted by Gasteiger charge is 2.35. The molecule has 1 fully saturated rings. The standard InChI is InChI=1S/C16H22ClF3N2/c1-2-3-7-14(22-10-8-21-9-11-22)12-5-4-6-13(15(12)17)16(18,19)20/h4-6,14,21H,2-3,7-11H2,1H3/t14-/m1/s1. The SMILES string of the molecule is CCCC[C@H](c1cccc(C(F)(F)F)c1Cl)N1CCNCC1. The molecule has 1 N–H and O–H groups in total. The van der Waals surface area contributed by atoms with E-state index in [-0.39, 0.29) is 11.1 Å². The fourth-order valence-electron chi connectivity index (χ4n) is 2.95. The molecule has 6 heteroatoms. The van der Waals surface area contributed by atoms with Crippen LogP contribution in [0.4, 0.5) is 13.2 Å². The highest BCUT2D eigenvalue weighted by molar-refractivity contribution is 6.32. The van der Waals surface area contributed by atoms with Gasteiger partial charge in [0.15, 0.2) is 0 Å². The van der Waals surface area contributed by atoms with E-state index in [9.17, 15) is 13.2 Å². The molecule has 1 aromatic carbocycles. The Morgan fingerprint density at radius 2 is 1.95 bits per heavy atom. The maximum absolute atomic E-state index is 13.1. The maximum Gasteiger partial charge on any atom is 0.417 e. The van der Waals surface area contributed by atoms with E-state index >= 15 is 0 Å². The highest BCUT2D eigenvalue weighted by Crippen LogP contribution is 2.40. The van der Waals surface area contributed by atoms with E-state index in [1.807, 2.05) is 0 Å². The van der Waals surface area contributed by atoms with Crippen LogP contribution in [-0.2, 0) is 6.18 Å². The van der Waals surface area contributed by atoms with Crippen molar-refractivity contribution in [1.29, 1.82) is 0 Å². The molecule has 1 aromatic rings. The van der Waals surface area contributed by atoms with Gasteiger partial charge < -0.3 is 5.32 Å². The monoisotopic (exact) mass is 334 g/mol. The molecule has 1 saturated heterocycles. The summed E-state index contributed by atoms with van der Waals surface area (Å²) < 4.78 is 39.2. The van der Waals surface area contributed by atoms with E-state index in [4.69, 9.17) is 11.6 Å². The number of alkyl halides is 3.